The predicted molar refractivity (Wildman–Crippen MR) is 88.2 cm³/mol. The van der Waals surface area contributed by atoms with Gasteiger partial charge in [0.1, 0.15) is 10.0 Å². The summed E-state index contributed by atoms with van der Waals surface area (Å²) in [4.78, 5) is 25.9. The monoisotopic (exact) mass is 336 g/mol. The van der Waals surface area contributed by atoms with Gasteiger partial charge in [0.15, 0.2) is 0 Å². The van der Waals surface area contributed by atoms with Crippen molar-refractivity contribution in [3.63, 3.8) is 0 Å². The first kappa shape index (κ1) is 16.4. The maximum Gasteiger partial charge on any atom is 0.324 e. The molecular weight excluding hydrogens is 312 g/mol. The van der Waals surface area contributed by atoms with Gasteiger partial charge in [0.2, 0.25) is 5.91 Å². The van der Waals surface area contributed by atoms with Crippen molar-refractivity contribution < 1.29 is 9.59 Å². The smallest absolute Gasteiger partial charge is 0.324 e. The minimum absolute atomic E-state index is 0.0122. The minimum Gasteiger partial charge on any atom is -0.334 e. The zero-order valence-corrected chi connectivity index (χ0v) is 14.4. The summed E-state index contributed by atoms with van der Waals surface area (Å²) in [7, 11) is 0. The first-order chi connectivity index (χ1) is 11.1. The molecule has 1 saturated heterocycles. The average molecular weight is 336 g/mol. The standard InChI is InChI=1S/C16H24N4O2S/c1-11-18-19-14(23-11)7-8-20-15(21)10-13(17-16(20)22)9-12-5-3-2-4-6-12/h12-13H,2-10H2,1H3,(H,17,22)/t13-/m0/s1. The Morgan fingerprint density at radius 1 is 1.22 bits per heavy atom. The second-order valence-electron chi connectivity index (χ2n) is 6.60. The lowest BCUT2D eigenvalue weighted by molar-refractivity contribution is -0.130. The number of hydrogen-bond donors (Lipinski definition) is 1. The molecule has 0 bridgehead atoms. The van der Waals surface area contributed by atoms with E-state index in [-0.39, 0.29) is 18.0 Å². The molecule has 0 unspecified atom stereocenters. The zero-order chi connectivity index (χ0) is 16.2. The Hall–Kier alpha value is -1.50. The second kappa shape index (κ2) is 7.38. The minimum atomic E-state index is -0.247. The van der Waals surface area contributed by atoms with Gasteiger partial charge in [0.05, 0.1) is 0 Å². The van der Waals surface area contributed by atoms with E-state index in [1.807, 2.05) is 6.92 Å². The molecule has 0 spiro atoms. The summed E-state index contributed by atoms with van der Waals surface area (Å²) in [6.45, 7) is 2.28. The fraction of sp³-hybridized carbons (Fsp3) is 0.750. The molecule has 23 heavy (non-hydrogen) atoms. The third-order valence-corrected chi connectivity index (χ3v) is 5.65. The van der Waals surface area contributed by atoms with Gasteiger partial charge in [-0.2, -0.15) is 0 Å². The van der Waals surface area contributed by atoms with Gasteiger partial charge in [0, 0.05) is 25.4 Å². The van der Waals surface area contributed by atoms with Crippen LogP contribution in [0, 0.1) is 12.8 Å². The largest absolute Gasteiger partial charge is 0.334 e. The molecule has 1 N–H and O–H groups in total. The van der Waals surface area contributed by atoms with Crippen LogP contribution in [0.2, 0.25) is 0 Å². The molecule has 7 heteroatoms. The number of rotatable bonds is 5. The summed E-state index contributed by atoms with van der Waals surface area (Å²) in [5.74, 6) is 0.605. The molecule has 3 amide bonds. The molecule has 1 aliphatic heterocycles. The maximum absolute atomic E-state index is 12.3. The van der Waals surface area contributed by atoms with Gasteiger partial charge in [0.25, 0.3) is 0 Å². The third-order valence-electron chi connectivity index (χ3n) is 4.75. The van der Waals surface area contributed by atoms with E-state index < -0.39 is 0 Å². The van der Waals surface area contributed by atoms with E-state index in [1.165, 1.54) is 48.3 Å². The van der Waals surface area contributed by atoms with Crippen LogP contribution >= 0.6 is 11.3 Å². The van der Waals surface area contributed by atoms with Gasteiger partial charge in [-0.3, -0.25) is 9.69 Å². The van der Waals surface area contributed by atoms with Gasteiger partial charge in [-0.25, -0.2) is 4.79 Å². The van der Waals surface area contributed by atoms with Crippen molar-refractivity contribution in [1.82, 2.24) is 20.4 Å². The predicted octanol–water partition coefficient (Wildman–Crippen LogP) is 2.67. The molecule has 1 aliphatic carbocycles. The number of amides is 3. The molecule has 1 aromatic heterocycles. The van der Waals surface area contributed by atoms with Crippen LogP contribution < -0.4 is 5.32 Å². The van der Waals surface area contributed by atoms with Gasteiger partial charge in [-0.05, 0) is 19.3 Å². The van der Waals surface area contributed by atoms with Crippen LogP contribution in [-0.4, -0.2) is 39.6 Å². The molecule has 0 radical (unpaired) electrons. The van der Waals surface area contributed by atoms with E-state index in [1.54, 1.807) is 0 Å². The van der Waals surface area contributed by atoms with Crippen LogP contribution in [0.1, 0.15) is 55.0 Å². The Morgan fingerprint density at radius 2 is 2.00 bits per heavy atom. The maximum atomic E-state index is 12.3. The van der Waals surface area contributed by atoms with E-state index in [9.17, 15) is 9.59 Å². The van der Waals surface area contributed by atoms with Gasteiger partial charge >= 0.3 is 6.03 Å². The number of carbonyl (C=O) groups excluding carboxylic acids is 2. The number of aromatic nitrogens is 2. The lowest BCUT2D eigenvalue weighted by atomic mass is 9.84. The molecular formula is C16H24N4O2S. The molecule has 2 aliphatic rings. The van der Waals surface area contributed by atoms with Crippen LogP contribution in [0.15, 0.2) is 0 Å². The van der Waals surface area contributed by atoms with Crippen LogP contribution in [0.5, 0.6) is 0 Å². The lowest BCUT2D eigenvalue weighted by Gasteiger charge is -2.33. The van der Waals surface area contributed by atoms with Crippen LogP contribution in [0.25, 0.3) is 0 Å². The molecule has 2 fully saturated rings. The lowest BCUT2D eigenvalue weighted by Crippen LogP contribution is -2.55. The summed E-state index contributed by atoms with van der Waals surface area (Å²) in [5.41, 5.74) is 0. The second-order valence-corrected chi connectivity index (χ2v) is 7.87. The first-order valence-electron chi connectivity index (χ1n) is 8.51. The molecule has 1 aromatic rings. The van der Waals surface area contributed by atoms with Crippen molar-refractivity contribution in [2.24, 2.45) is 5.92 Å². The topological polar surface area (TPSA) is 75.2 Å². The Bertz CT molecular complexity index is 550. The highest BCUT2D eigenvalue weighted by Crippen LogP contribution is 2.29. The van der Waals surface area contributed by atoms with Gasteiger partial charge < -0.3 is 5.32 Å². The first-order valence-corrected chi connectivity index (χ1v) is 9.33. The SMILES string of the molecule is Cc1nnc(CCN2C(=O)C[C@H](CC3CCCCC3)NC2=O)s1. The molecule has 2 heterocycles. The molecule has 0 aromatic carbocycles. The van der Waals surface area contributed by atoms with Crippen LogP contribution in [0.4, 0.5) is 4.79 Å². The summed E-state index contributed by atoms with van der Waals surface area (Å²) in [6, 6.07) is -0.235. The van der Waals surface area contributed by atoms with Crippen molar-refractivity contribution in [3.05, 3.63) is 10.0 Å². The molecule has 1 atom stereocenters. The van der Waals surface area contributed by atoms with E-state index >= 15 is 0 Å². The number of imide groups is 1. The van der Waals surface area contributed by atoms with E-state index in [0.717, 1.165) is 16.4 Å². The number of urea groups is 1. The fourth-order valence-electron chi connectivity index (χ4n) is 3.58. The Morgan fingerprint density at radius 3 is 2.65 bits per heavy atom. The quantitative estimate of drug-likeness (QED) is 0.897. The van der Waals surface area contributed by atoms with Gasteiger partial charge in [-0.1, -0.05) is 32.1 Å². The molecule has 3 rings (SSSR count). The van der Waals surface area contributed by atoms with Crippen LogP contribution in [0.3, 0.4) is 0 Å². The molecule has 126 valence electrons. The normalized spacial score (nSPS) is 23.2. The number of nitrogens with zero attached hydrogens (tertiary/aromatic N) is 3. The highest BCUT2D eigenvalue weighted by molar-refractivity contribution is 7.11. The summed E-state index contributed by atoms with van der Waals surface area (Å²) in [6.07, 6.45) is 8.32. The molecule has 1 saturated carbocycles. The highest BCUT2D eigenvalue weighted by Gasteiger charge is 2.33. The number of carbonyl (C=O) groups is 2. The molecule has 6 nitrogen and oxygen atoms in total. The number of nitrogens with one attached hydrogen (secondary N) is 1. The summed E-state index contributed by atoms with van der Waals surface area (Å²) in [5, 5.41) is 12.8. The van der Waals surface area contributed by atoms with E-state index in [2.05, 4.69) is 15.5 Å². The summed E-state index contributed by atoms with van der Waals surface area (Å²) < 4.78 is 0. The third kappa shape index (κ3) is 4.28. The number of hydrogen-bond acceptors (Lipinski definition) is 5. The van der Waals surface area contributed by atoms with Gasteiger partial charge in [-0.15, -0.1) is 21.5 Å². The van der Waals surface area contributed by atoms with Crippen molar-refractivity contribution in [1.29, 1.82) is 0 Å². The summed E-state index contributed by atoms with van der Waals surface area (Å²) >= 11 is 1.51. The van der Waals surface area contributed by atoms with Crippen molar-refractivity contribution in [3.8, 4) is 0 Å². The van der Waals surface area contributed by atoms with E-state index in [4.69, 9.17) is 0 Å². The average Bonchev–Trinajstić information content (AvgIpc) is 2.93. The van der Waals surface area contributed by atoms with Crippen LogP contribution in [-0.2, 0) is 11.2 Å². The van der Waals surface area contributed by atoms with Crippen molar-refractivity contribution in [2.45, 2.75) is 64.3 Å². The Kier molecular flexibility index (Phi) is 5.25. The van der Waals surface area contributed by atoms with E-state index in [0.29, 0.717) is 25.3 Å². The fourth-order valence-corrected chi connectivity index (χ4v) is 4.28. The van der Waals surface area contributed by atoms with Crippen molar-refractivity contribution in [2.75, 3.05) is 6.54 Å². The number of aryl methyl sites for hydroxylation is 1. The highest BCUT2D eigenvalue weighted by atomic mass is 32.1. The Labute approximate surface area is 140 Å². The van der Waals surface area contributed by atoms with Crippen molar-refractivity contribution >= 4 is 23.3 Å². The Balaban J connectivity index is 1.50. The zero-order valence-electron chi connectivity index (χ0n) is 13.6.